The highest BCUT2D eigenvalue weighted by atomic mass is 16.4. The first-order valence-electron chi connectivity index (χ1n) is 8.34. The van der Waals surface area contributed by atoms with Crippen LogP contribution in [-0.4, -0.2) is 28.0 Å². The van der Waals surface area contributed by atoms with Gasteiger partial charge < -0.3 is 10.4 Å². The second-order valence-electron chi connectivity index (χ2n) is 6.20. The number of nitrogens with zero attached hydrogens (tertiary/aromatic N) is 1. The third-order valence-corrected chi connectivity index (χ3v) is 4.58. The summed E-state index contributed by atoms with van der Waals surface area (Å²) >= 11 is 0. The summed E-state index contributed by atoms with van der Waals surface area (Å²) in [5.74, 6) is -1.58. The largest absolute Gasteiger partial charge is 0.480 e. The van der Waals surface area contributed by atoms with Crippen LogP contribution in [0.15, 0.2) is 48.5 Å². The Bertz CT molecular complexity index is 898. The summed E-state index contributed by atoms with van der Waals surface area (Å²) in [6, 6.07) is 13.9. The third kappa shape index (κ3) is 3.18. The van der Waals surface area contributed by atoms with Crippen LogP contribution < -0.4 is 5.32 Å². The van der Waals surface area contributed by atoms with Crippen molar-refractivity contribution >= 4 is 33.7 Å². The molecule has 0 bridgehead atoms. The Balaban J connectivity index is 2.15. The Labute approximate surface area is 145 Å². The van der Waals surface area contributed by atoms with Crippen molar-refractivity contribution in [1.29, 1.82) is 0 Å². The Morgan fingerprint density at radius 2 is 1.56 bits per heavy atom. The van der Waals surface area contributed by atoms with Crippen molar-refractivity contribution in [3.05, 3.63) is 54.1 Å². The first-order valence-corrected chi connectivity index (χ1v) is 8.34. The first-order chi connectivity index (χ1) is 12.0. The number of amides is 1. The zero-order chi connectivity index (χ0) is 18.0. The standard InChI is InChI=1S/C20H20N2O3/c1-3-12(2)18(20(24)25)22-19(23)17-13-8-4-6-10-15(13)21-16-11-7-5-9-14(16)17/h4-12,18H,3H2,1-2H3,(H,22,23)(H,24,25)/t12-,18+/m0/s1. The van der Waals surface area contributed by atoms with Crippen molar-refractivity contribution in [2.75, 3.05) is 0 Å². The van der Waals surface area contributed by atoms with Gasteiger partial charge in [-0.15, -0.1) is 0 Å². The Morgan fingerprint density at radius 3 is 2.04 bits per heavy atom. The number of para-hydroxylation sites is 2. The highest BCUT2D eigenvalue weighted by Crippen LogP contribution is 2.26. The molecular weight excluding hydrogens is 316 g/mol. The van der Waals surface area contributed by atoms with Gasteiger partial charge >= 0.3 is 5.97 Å². The van der Waals surface area contributed by atoms with Crippen molar-refractivity contribution in [3.8, 4) is 0 Å². The van der Waals surface area contributed by atoms with E-state index in [1.54, 1.807) is 0 Å². The summed E-state index contributed by atoms with van der Waals surface area (Å²) in [5, 5.41) is 13.6. The molecule has 2 atom stereocenters. The molecule has 128 valence electrons. The van der Waals surface area contributed by atoms with Crippen LogP contribution >= 0.6 is 0 Å². The molecule has 0 fully saturated rings. The van der Waals surface area contributed by atoms with Crippen molar-refractivity contribution < 1.29 is 14.7 Å². The van der Waals surface area contributed by atoms with Gasteiger partial charge in [-0.1, -0.05) is 56.7 Å². The zero-order valence-corrected chi connectivity index (χ0v) is 14.2. The number of hydrogen-bond acceptors (Lipinski definition) is 3. The van der Waals surface area contributed by atoms with E-state index < -0.39 is 12.0 Å². The molecular formula is C20H20N2O3. The number of aromatic nitrogens is 1. The molecule has 3 aromatic rings. The number of nitrogens with one attached hydrogen (secondary N) is 1. The molecule has 2 aromatic carbocycles. The van der Waals surface area contributed by atoms with E-state index in [-0.39, 0.29) is 11.8 Å². The van der Waals surface area contributed by atoms with Crippen LogP contribution in [0.25, 0.3) is 21.8 Å². The molecule has 1 aromatic heterocycles. The van der Waals surface area contributed by atoms with E-state index in [0.29, 0.717) is 33.8 Å². The number of carbonyl (C=O) groups is 2. The van der Waals surface area contributed by atoms with Gasteiger partial charge in [-0.2, -0.15) is 0 Å². The maximum absolute atomic E-state index is 13.0. The predicted molar refractivity (Wildman–Crippen MR) is 97.6 cm³/mol. The fourth-order valence-corrected chi connectivity index (χ4v) is 2.98. The molecule has 0 radical (unpaired) electrons. The fraction of sp³-hybridized carbons (Fsp3) is 0.250. The molecule has 0 saturated heterocycles. The summed E-state index contributed by atoms with van der Waals surface area (Å²) in [4.78, 5) is 29.2. The zero-order valence-electron chi connectivity index (χ0n) is 14.2. The lowest BCUT2D eigenvalue weighted by atomic mass is 9.97. The van der Waals surface area contributed by atoms with E-state index >= 15 is 0 Å². The summed E-state index contributed by atoms with van der Waals surface area (Å²) in [5.41, 5.74) is 1.89. The third-order valence-electron chi connectivity index (χ3n) is 4.58. The van der Waals surface area contributed by atoms with Crippen molar-refractivity contribution in [1.82, 2.24) is 10.3 Å². The minimum atomic E-state index is -1.02. The van der Waals surface area contributed by atoms with Gasteiger partial charge in [0.25, 0.3) is 5.91 Å². The van der Waals surface area contributed by atoms with Gasteiger partial charge in [-0.3, -0.25) is 4.79 Å². The number of carbonyl (C=O) groups excluding carboxylic acids is 1. The molecule has 1 heterocycles. The summed E-state index contributed by atoms with van der Waals surface area (Å²) in [6.07, 6.45) is 0.662. The minimum absolute atomic E-state index is 0.166. The van der Waals surface area contributed by atoms with Crippen molar-refractivity contribution in [3.63, 3.8) is 0 Å². The van der Waals surface area contributed by atoms with Crippen LogP contribution in [0.4, 0.5) is 0 Å². The van der Waals surface area contributed by atoms with Gasteiger partial charge in [0.05, 0.1) is 16.6 Å². The number of fused-ring (bicyclic) bond motifs is 2. The SMILES string of the molecule is CC[C@H](C)[C@@H](NC(=O)c1c2ccccc2nc2ccccc12)C(=O)O. The highest BCUT2D eigenvalue weighted by molar-refractivity contribution is 6.16. The van der Waals surface area contributed by atoms with E-state index in [1.807, 2.05) is 62.4 Å². The fourth-order valence-electron chi connectivity index (χ4n) is 2.98. The number of pyridine rings is 1. The lowest BCUT2D eigenvalue weighted by molar-refractivity contribution is -0.140. The highest BCUT2D eigenvalue weighted by Gasteiger charge is 2.27. The molecule has 25 heavy (non-hydrogen) atoms. The lowest BCUT2D eigenvalue weighted by Gasteiger charge is -2.21. The number of carboxylic acids is 1. The molecule has 0 spiro atoms. The summed E-state index contributed by atoms with van der Waals surface area (Å²) < 4.78 is 0. The van der Waals surface area contributed by atoms with Crippen LogP contribution in [-0.2, 0) is 4.79 Å². The molecule has 2 N–H and O–H groups in total. The summed E-state index contributed by atoms with van der Waals surface area (Å²) in [7, 11) is 0. The Kier molecular flexibility index (Phi) is 4.65. The number of carboxylic acid groups (broad SMARTS) is 1. The number of rotatable bonds is 5. The molecule has 1 amide bonds. The predicted octanol–water partition coefficient (Wildman–Crippen LogP) is 3.62. The molecule has 0 saturated carbocycles. The molecule has 3 rings (SSSR count). The number of aliphatic carboxylic acids is 1. The van der Waals surface area contributed by atoms with Crippen LogP contribution in [0.1, 0.15) is 30.6 Å². The van der Waals surface area contributed by atoms with Crippen LogP contribution in [0.5, 0.6) is 0 Å². The summed E-state index contributed by atoms with van der Waals surface area (Å²) in [6.45, 7) is 3.73. The minimum Gasteiger partial charge on any atom is -0.480 e. The van der Waals surface area contributed by atoms with Crippen LogP contribution in [0, 0.1) is 5.92 Å². The van der Waals surface area contributed by atoms with Gasteiger partial charge in [-0.25, -0.2) is 9.78 Å². The van der Waals surface area contributed by atoms with Gasteiger partial charge in [-0.05, 0) is 18.1 Å². The normalized spacial score (nSPS) is 13.5. The van der Waals surface area contributed by atoms with Crippen molar-refractivity contribution in [2.45, 2.75) is 26.3 Å². The van der Waals surface area contributed by atoms with Gasteiger partial charge in [0.1, 0.15) is 6.04 Å². The molecule has 5 nitrogen and oxygen atoms in total. The molecule has 0 aliphatic carbocycles. The van der Waals surface area contributed by atoms with Crippen molar-refractivity contribution in [2.24, 2.45) is 5.92 Å². The van der Waals surface area contributed by atoms with Gasteiger partial charge in [0.15, 0.2) is 0 Å². The molecule has 0 unspecified atom stereocenters. The van der Waals surface area contributed by atoms with Gasteiger partial charge in [0.2, 0.25) is 0 Å². The Morgan fingerprint density at radius 1 is 1.04 bits per heavy atom. The number of benzene rings is 2. The Hall–Kier alpha value is -2.95. The number of hydrogen-bond donors (Lipinski definition) is 2. The monoisotopic (exact) mass is 336 g/mol. The topological polar surface area (TPSA) is 79.3 Å². The van der Waals surface area contributed by atoms with E-state index in [2.05, 4.69) is 10.3 Å². The van der Waals surface area contributed by atoms with Gasteiger partial charge in [0, 0.05) is 10.8 Å². The average molecular weight is 336 g/mol. The molecule has 0 aliphatic rings. The van der Waals surface area contributed by atoms with E-state index in [4.69, 9.17) is 0 Å². The lowest BCUT2D eigenvalue weighted by Crippen LogP contribution is -2.45. The first kappa shape index (κ1) is 16.9. The second kappa shape index (κ2) is 6.89. The maximum Gasteiger partial charge on any atom is 0.326 e. The van der Waals surface area contributed by atoms with E-state index in [0.717, 1.165) is 0 Å². The van der Waals surface area contributed by atoms with Crippen LogP contribution in [0.2, 0.25) is 0 Å². The smallest absolute Gasteiger partial charge is 0.326 e. The van der Waals surface area contributed by atoms with E-state index in [1.165, 1.54) is 0 Å². The molecule has 0 aliphatic heterocycles. The average Bonchev–Trinajstić information content (AvgIpc) is 2.62. The van der Waals surface area contributed by atoms with Crippen LogP contribution in [0.3, 0.4) is 0 Å². The second-order valence-corrected chi connectivity index (χ2v) is 6.20. The quantitative estimate of drug-likeness (QED) is 0.698. The maximum atomic E-state index is 13.0. The molecule has 5 heteroatoms. The van der Waals surface area contributed by atoms with E-state index in [9.17, 15) is 14.7 Å².